The number of fused-ring (bicyclic) bond motifs is 3. The first-order valence-electron chi connectivity index (χ1n) is 8.04. The van der Waals surface area contributed by atoms with Crippen LogP contribution < -0.4 is 4.74 Å². The van der Waals surface area contributed by atoms with Crippen LogP contribution in [-0.2, 0) is 13.2 Å². The van der Waals surface area contributed by atoms with Crippen molar-refractivity contribution >= 4 is 0 Å². The van der Waals surface area contributed by atoms with Crippen molar-refractivity contribution in [3.63, 3.8) is 0 Å². The third kappa shape index (κ3) is 3.09. The molecule has 2 aromatic rings. The Hall–Kier alpha value is -1.84. The van der Waals surface area contributed by atoms with Gasteiger partial charge < -0.3 is 4.74 Å². The van der Waals surface area contributed by atoms with Crippen LogP contribution in [0, 0.1) is 0 Å². The average Bonchev–Trinajstić information content (AvgIpc) is 2.94. The zero-order valence-electron chi connectivity index (χ0n) is 12.7. The van der Waals surface area contributed by atoms with E-state index in [0.29, 0.717) is 6.61 Å². The summed E-state index contributed by atoms with van der Waals surface area (Å²) < 4.78 is 7.77. The van der Waals surface area contributed by atoms with Crippen molar-refractivity contribution in [1.29, 1.82) is 0 Å². The Morgan fingerprint density at radius 3 is 2.81 bits per heavy atom. The molecule has 0 aliphatic carbocycles. The molecule has 2 heterocycles. The summed E-state index contributed by atoms with van der Waals surface area (Å²) in [6, 6.07) is 8.15. The molecule has 4 nitrogen and oxygen atoms in total. The Kier molecular flexibility index (Phi) is 4.53. The smallest absolute Gasteiger partial charge is 0.134 e. The van der Waals surface area contributed by atoms with Crippen molar-refractivity contribution in [1.82, 2.24) is 15.0 Å². The first kappa shape index (κ1) is 14.1. The number of rotatable bonds is 7. The van der Waals surface area contributed by atoms with Gasteiger partial charge in [0.2, 0.25) is 0 Å². The molecule has 3 rings (SSSR count). The lowest BCUT2D eigenvalue weighted by Gasteiger charge is -2.17. The van der Waals surface area contributed by atoms with E-state index in [2.05, 4.69) is 28.0 Å². The van der Waals surface area contributed by atoms with E-state index in [0.717, 1.165) is 29.2 Å². The summed E-state index contributed by atoms with van der Waals surface area (Å²) in [6.45, 7) is 3.73. The minimum Gasteiger partial charge on any atom is -0.486 e. The van der Waals surface area contributed by atoms with Gasteiger partial charge in [0.15, 0.2) is 0 Å². The van der Waals surface area contributed by atoms with Crippen molar-refractivity contribution < 1.29 is 4.74 Å². The monoisotopic (exact) mass is 285 g/mol. The summed E-state index contributed by atoms with van der Waals surface area (Å²) in [6.07, 6.45) is 7.76. The van der Waals surface area contributed by atoms with E-state index >= 15 is 0 Å². The maximum atomic E-state index is 5.72. The zero-order chi connectivity index (χ0) is 14.5. The molecule has 0 saturated carbocycles. The number of aromatic nitrogens is 3. The van der Waals surface area contributed by atoms with Crippen LogP contribution in [0.15, 0.2) is 24.3 Å². The Balaban J connectivity index is 1.65. The standard InChI is InChI=1S/C17H23N3O/c1-2-3-4-5-6-9-12-20-17-14-10-7-8-11-16(14)21-13-15(17)18-19-20/h7-8,10-11H,2-6,9,12-13H2,1H3. The second-order valence-electron chi connectivity index (χ2n) is 5.66. The van der Waals surface area contributed by atoms with E-state index in [1.807, 2.05) is 18.2 Å². The van der Waals surface area contributed by atoms with Gasteiger partial charge in [0.25, 0.3) is 0 Å². The van der Waals surface area contributed by atoms with Crippen molar-refractivity contribution in [2.24, 2.45) is 0 Å². The highest BCUT2D eigenvalue weighted by atomic mass is 16.5. The molecule has 0 N–H and O–H groups in total. The van der Waals surface area contributed by atoms with E-state index in [-0.39, 0.29) is 0 Å². The summed E-state index contributed by atoms with van der Waals surface area (Å²) >= 11 is 0. The van der Waals surface area contributed by atoms with Gasteiger partial charge in [-0.15, -0.1) is 5.10 Å². The number of hydrogen-bond acceptors (Lipinski definition) is 3. The minimum atomic E-state index is 0.531. The Bertz CT molecular complexity index is 591. The highest BCUT2D eigenvalue weighted by Gasteiger charge is 2.22. The topological polar surface area (TPSA) is 39.9 Å². The molecule has 21 heavy (non-hydrogen) atoms. The lowest BCUT2D eigenvalue weighted by Crippen LogP contribution is -2.09. The fourth-order valence-corrected chi connectivity index (χ4v) is 2.87. The molecular formula is C17H23N3O. The second kappa shape index (κ2) is 6.74. The van der Waals surface area contributed by atoms with E-state index in [1.54, 1.807) is 0 Å². The van der Waals surface area contributed by atoms with Gasteiger partial charge in [-0.3, -0.25) is 0 Å². The van der Waals surface area contributed by atoms with Crippen LogP contribution in [0.5, 0.6) is 5.75 Å². The summed E-state index contributed by atoms with van der Waals surface area (Å²) in [5.74, 6) is 0.941. The van der Waals surface area contributed by atoms with Gasteiger partial charge in [-0.25, -0.2) is 4.68 Å². The summed E-state index contributed by atoms with van der Waals surface area (Å²) in [5.41, 5.74) is 3.22. The van der Waals surface area contributed by atoms with Crippen molar-refractivity contribution in [2.45, 2.75) is 58.6 Å². The van der Waals surface area contributed by atoms with Crippen molar-refractivity contribution in [2.75, 3.05) is 0 Å². The number of hydrogen-bond donors (Lipinski definition) is 0. The van der Waals surface area contributed by atoms with Crippen LogP contribution in [0.1, 0.15) is 51.1 Å². The van der Waals surface area contributed by atoms with Crippen LogP contribution in [-0.4, -0.2) is 15.0 Å². The third-order valence-electron chi connectivity index (χ3n) is 4.03. The van der Waals surface area contributed by atoms with Crippen molar-refractivity contribution in [3.05, 3.63) is 30.0 Å². The molecular weight excluding hydrogens is 262 g/mol. The Labute approximate surface area is 126 Å². The van der Waals surface area contributed by atoms with Gasteiger partial charge in [-0.1, -0.05) is 56.4 Å². The largest absolute Gasteiger partial charge is 0.486 e. The Morgan fingerprint density at radius 1 is 1.10 bits per heavy atom. The molecule has 1 aromatic carbocycles. The molecule has 1 aliphatic rings. The van der Waals surface area contributed by atoms with E-state index < -0.39 is 0 Å². The molecule has 1 aromatic heterocycles. The fourth-order valence-electron chi connectivity index (χ4n) is 2.87. The van der Waals surface area contributed by atoms with Crippen LogP contribution in [0.3, 0.4) is 0 Å². The molecule has 0 saturated heterocycles. The van der Waals surface area contributed by atoms with Gasteiger partial charge in [0.05, 0.1) is 5.69 Å². The average molecular weight is 285 g/mol. The highest BCUT2D eigenvalue weighted by Crippen LogP contribution is 2.36. The van der Waals surface area contributed by atoms with Crippen LogP contribution in [0.25, 0.3) is 11.3 Å². The number of ether oxygens (including phenoxy) is 1. The van der Waals surface area contributed by atoms with Crippen LogP contribution in [0.2, 0.25) is 0 Å². The molecule has 0 unspecified atom stereocenters. The zero-order valence-corrected chi connectivity index (χ0v) is 12.7. The normalized spacial score (nSPS) is 12.6. The number of benzene rings is 1. The van der Waals surface area contributed by atoms with Gasteiger partial charge in [-0.05, 0) is 18.6 Å². The number of unbranched alkanes of at least 4 members (excludes halogenated alkanes) is 5. The predicted octanol–water partition coefficient (Wildman–Crippen LogP) is 4.20. The molecule has 112 valence electrons. The van der Waals surface area contributed by atoms with Gasteiger partial charge in [-0.2, -0.15) is 0 Å². The van der Waals surface area contributed by atoms with Crippen molar-refractivity contribution in [3.8, 4) is 17.0 Å². The van der Waals surface area contributed by atoms with Gasteiger partial charge >= 0.3 is 0 Å². The maximum absolute atomic E-state index is 5.72. The first-order valence-corrected chi connectivity index (χ1v) is 8.04. The molecule has 0 bridgehead atoms. The predicted molar refractivity (Wildman–Crippen MR) is 83.2 cm³/mol. The number of para-hydroxylation sites is 1. The number of aryl methyl sites for hydroxylation is 1. The lowest BCUT2D eigenvalue weighted by atomic mass is 10.1. The van der Waals surface area contributed by atoms with Gasteiger partial charge in [0.1, 0.15) is 18.1 Å². The summed E-state index contributed by atoms with van der Waals surface area (Å²) in [7, 11) is 0. The molecule has 0 fully saturated rings. The molecule has 0 spiro atoms. The SMILES string of the molecule is CCCCCCCCn1nnc2c1-c1ccccc1OC2. The third-order valence-corrected chi connectivity index (χ3v) is 4.03. The van der Waals surface area contributed by atoms with E-state index in [4.69, 9.17) is 4.74 Å². The summed E-state index contributed by atoms with van der Waals surface area (Å²) in [4.78, 5) is 0. The number of nitrogens with zero attached hydrogens (tertiary/aromatic N) is 3. The molecule has 0 atom stereocenters. The molecule has 0 radical (unpaired) electrons. The lowest BCUT2D eigenvalue weighted by molar-refractivity contribution is 0.297. The maximum Gasteiger partial charge on any atom is 0.134 e. The first-order chi connectivity index (χ1) is 10.4. The summed E-state index contributed by atoms with van der Waals surface area (Å²) in [5, 5.41) is 8.59. The minimum absolute atomic E-state index is 0.531. The van der Waals surface area contributed by atoms with E-state index in [9.17, 15) is 0 Å². The van der Waals surface area contributed by atoms with Crippen LogP contribution in [0.4, 0.5) is 0 Å². The second-order valence-corrected chi connectivity index (χ2v) is 5.66. The molecule has 1 aliphatic heterocycles. The quantitative estimate of drug-likeness (QED) is 0.716. The highest BCUT2D eigenvalue weighted by molar-refractivity contribution is 5.70. The van der Waals surface area contributed by atoms with Gasteiger partial charge in [0, 0.05) is 12.1 Å². The van der Waals surface area contributed by atoms with E-state index in [1.165, 1.54) is 38.5 Å². The van der Waals surface area contributed by atoms with Crippen LogP contribution >= 0.6 is 0 Å². The Morgan fingerprint density at radius 2 is 1.90 bits per heavy atom. The molecule has 4 heteroatoms. The fraction of sp³-hybridized carbons (Fsp3) is 0.529. The molecule has 0 amide bonds.